The van der Waals surface area contributed by atoms with Crippen molar-refractivity contribution in [1.29, 1.82) is 0 Å². The first-order valence-electron chi connectivity index (χ1n) is 6.89. The molecule has 0 aliphatic carbocycles. The Hall–Kier alpha value is -1.20. The highest BCUT2D eigenvalue weighted by Gasteiger charge is 2.19. The second kappa shape index (κ2) is 6.30. The Morgan fingerprint density at radius 3 is 2.89 bits per heavy atom. The summed E-state index contributed by atoms with van der Waals surface area (Å²) in [7, 11) is 0. The Labute approximate surface area is 114 Å². The maximum Gasteiger partial charge on any atom is 0.216 e. The number of aryl methyl sites for hydroxylation is 1. The van der Waals surface area contributed by atoms with Crippen LogP contribution in [0.15, 0.2) is 6.07 Å². The van der Waals surface area contributed by atoms with E-state index in [4.69, 9.17) is 9.47 Å². The van der Waals surface area contributed by atoms with Crippen molar-refractivity contribution in [1.82, 2.24) is 15.3 Å². The van der Waals surface area contributed by atoms with Crippen LogP contribution in [0.4, 0.5) is 0 Å². The molecule has 1 saturated heterocycles. The molecule has 2 rings (SSSR count). The van der Waals surface area contributed by atoms with E-state index in [0.29, 0.717) is 18.4 Å². The van der Waals surface area contributed by atoms with Crippen LogP contribution in [0.3, 0.4) is 0 Å². The summed E-state index contributed by atoms with van der Waals surface area (Å²) in [6.07, 6.45) is 0.322. The van der Waals surface area contributed by atoms with E-state index >= 15 is 0 Å². The third-order valence-electron chi connectivity index (χ3n) is 3.01. The number of rotatable bonds is 4. The minimum Gasteiger partial charge on any atom is -0.475 e. The van der Waals surface area contributed by atoms with Gasteiger partial charge < -0.3 is 14.8 Å². The molecule has 19 heavy (non-hydrogen) atoms. The summed E-state index contributed by atoms with van der Waals surface area (Å²) in [4.78, 5) is 8.83. The SMILES string of the molecule is Cc1cc(OCC2CNCC(C)O2)nc(C(C)C)n1. The van der Waals surface area contributed by atoms with Crippen molar-refractivity contribution in [2.45, 2.75) is 45.8 Å². The normalized spacial score (nSPS) is 23.6. The topological polar surface area (TPSA) is 56.3 Å². The van der Waals surface area contributed by atoms with E-state index in [1.807, 2.05) is 13.0 Å². The molecule has 0 aromatic carbocycles. The van der Waals surface area contributed by atoms with Gasteiger partial charge in [-0.3, -0.25) is 0 Å². The average molecular weight is 265 g/mol. The summed E-state index contributed by atoms with van der Waals surface area (Å²) < 4.78 is 11.5. The van der Waals surface area contributed by atoms with Gasteiger partial charge in [0.05, 0.1) is 6.10 Å². The molecule has 1 N–H and O–H groups in total. The maximum atomic E-state index is 5.79. The van der Waals surface area contributed by atoms with Crippen molar-refractivity contribution >= 4 is 0 Å². The molecule has 2 heterocycles. The number of hydrogen-bond acceptors (Lipinski definition) is 5. The Morgan fingerprint density at radius 1 is 1.42 bits per heavy atom. The van der Waals surface area contributed by atoms with Crippen molar-refractivity contribution in [3.05, 3.63) is 17.6 Å². The van der Waals surface area contributed by atoms with Crippen molar-refractivity contribution in [3.8, 4) is 5.88 Å². The molecule has 0 spiro atoms. The highest BCUT2D eigenvalue weighted by molar-refractivity contribution is 5.16. The van der Waals surface area contributed by atoms with Gasteiger partial charge in [-0.15, -0.1) is 0 Å². The molecule has 1 aromatic heterocycles. The molecule has 1 fully saturated rings. The van der Waals surface area contributed by atoms with Gasteiger partial charge in [-0.1, -0.05) is 13.8 Å². The lowest BCUT2D eigenvalue weighted by Gasteiger charge is -2.28. The van der Waals surface area contributed by atoms with Crippen LogP contribution in [0, 0.1) is 6.92 Å². The smallest absolute Gasteiger partial charge is 0.216 e. The molecule has 1 aliphatic heterocycles. The fourth-order valence-electron chi connectivity index (χ4n) is 2.04. The highest BCUT2D eigenvalue weighted by Crippen LogP contribution is 2.16. The van der Waals surface area contributed by atoms with Gasteiger partial charge in [-0.25, -0.2) is 4.98 Å². The van der Waals surface area contributed by atoms with Crippen LogP contribution in [-0.4, -0.2) is 41.9 Å². The van der Waals surface area contributed by atoms with Crippen LogP contribution in [0.5, 0.6) is 5.88 Å². The minimum absolute atomic E-state index is 0.0847. The Balaban J connectivity index is 1.95. The van der Waals surface area contributed by atoms with E-state index in [-0.39, 0.29) is 12.2 Å². The largest absolute Gasteiger partial charge is 0.475 e. The molecule has 1 aliphatic rings. The molecule has 2 unspecified atom stereocenters. The van der Waals surface area contributed by atoms with Gasteiger partial charge in [0.25, 0.3) is 0 Å². The molecule has 5 nitrogen and oxygen atoms in total. The number of nitrogens with one attached hydrogen (secondary N) is 1. The summed E-state index contributed by atoms with van der Waals surface area (Å²) in [6, 6.07) is 1.87. The molecular formula is C14H23N3O2. The van der Waals surface area contributed by atoms with Gasteiger partial charge in [-0.05, 0) is 13.8 Å². The van der Waals surface area contributed by atoms with Gasteiger partial charge in [-0.2, -0.15) is 4.98 Å². The van der Waals surface area contributed by atoms with Crippen LogP contribution < -0.4 is 10.1 Å². The highest BCUT2D eigenvalue weighted by atomic mass is 16.5. The molecule has 5 heteroatoms. The predicted octanol–water partition coefficient (Wildman–Crippen LogP) is 1.66. The predicted molar refractivity (Wildman–Crippen MR) is 73.6 cm³/mol. The summed E-state index contributed by atoms with van der Waals surface area (Å²) in [6.45, 7) is 10.4. The first-order chi connectivity index (χ1) is 9.04. The number of aromatic nitrogens is 2. The summed E-state index contributed by atoms with van der Waals surface area (Å²) in [5.74, 6) is 1.76. The van der Waals surface area contributed by atoms with Crippen LogP contribution in [0.2, 0.25) is 0 Å². The van der Waals surface area contributed by atoms with Gasteiger partial charge in [0, 0.05) is 30.8 Å². The average Bonchev–Trinajstić information content (AvgIpc) is 2.36. The number of nitrogens with zero attached hydrogens (tertiary/aromatic N) is 2. The van der Waals surface area contributed by atoms with Crippen molar-refractivity contribution < 1.29 is 9.47 Å². The quantitative estimate of drug-likeness (QED) is 0.897. The monoisotopic (exact) mass is 265 g/mol. The Bertz CT molecular complexity index is 423. The lowest BCUT2D eigenvalue weighted by molar-refractivity contribution is -0.0477. The zero-order valence-electron chi connectivity index (χ0n) is 12.1. The summed E-state index contributed by atoms with van der Waals surface area (Å²) in [5.41, 5.74) is 0.935. The number of ether oxygens (including phenoxy) is 2. The van der Waals surface area contributed by atoms with Crippen LogP contribution >= 0.6 is 0 Å². The third-order valence-corrected chi connectivity index (χ3v) is 3.01. The van der Waals surface area contributed by atoms with E-state index in [1.165, 1.54) is 0 Å². The molecule has 0 saturated carbocycles. The van der Waals surface area contributed by atoms with Crippen LogP contribution in [0.1, 0.15) is 38.2 Å². The maximum absolute atomic E-state index is 5.79. The second-order valence-corrected chi connectivity index (χ2v) is 5.40. The van der Waals surface area contributed by atoms with E-state index in [0.717, 1.165) is 24.6 Å². The number of hydrogen-bond donors (Lipinski definition) is 1. The van der Waals surface area contributed by atoms with Crippen molar-refractivity contribution in [3.63, 3.8) is 0 Å². The molecule has 0 bridgehead atoms. The molecule has 2 atom stereocenters. The van der Waals surface area contributed by atoms with Crippen LogP contribution in [0.25, 0.3) is 0 Å². The third kappa shape index (κ3) is 4.14. The van der Waals surface area contributed by atoms with Gasteiger partial charge in [0.1, 0.15) is 18.5 Å². The standard InChI is InChI=1S/C14H23N3O2/c1-9(2)14-16-10(3)5-13(17-14)18-8-12-7-15-6-11(4)19-12/h5,9,11-12,15H,6-8H2,1-4H3. The minimum atomic E-state index is 0.0847. The van der Waals surface area contributed by atoms with Crippen LogP contribution in [-0.2, 0) is 4.74 Å². The van der Waals surface area contributed by atoms with Gasteiger partial charge >= 0.3 is 0 Å². The molecule has 1 aromatic rings. The lowest BCUT2D eigenvalue weighted by Crippen LogP contribution is -2.45. The van der Waals surface area contributed by atoms with Gasteiger partial charge in [0.15, 0.2) is 0 Å². The fraction of sp³-hybridized carbons (Fsp3) is 0.714. The molecular weight excluding hydrogens is 242 g/mol. The summed E-state index contributed by atoms with van der Waals surface area (Å²) in [5, 5.41) is 3.32. The molecule has 0 amide bonds. The van der Waals surface area contributed by atoms with Crippen molar-refractivity contribution in [2.24, 2.45) is 0 Å². The van der Waals surface area contributed by atoms with Gasteiger partial charge in [0.2, 0.25) is 5.88 Å². The lowest BCUT2D eigenvalue weighted by atomic mass is 10.2. The fourth-order valence-corrected chi connectivity index (χ4v) is 2.04. The Morgan fingerprint density at radius 2 is 2.21 bits per heavy atom. The zero-order valence-corrected chi connectivity index (χ0v) is 12.1. The Kier molecular flexibility index (Phi) is 4.71. The number of morpholine rings is 1. The zero-order chi connectivity index (χ0) is 13.8. The molecule has 106 valence electrons. The summed E-state index contributed by atoms with van der Waals surface area (Å²) >= 11 is 0. The van der Waals surface area contributed by atoms with Crippen molar-refractivity contribution in [2.75, 3.05) is 19.7 Å². The van der Waals surface area contributed by atoms with E-state index in [2.05, 4.69) is 36.1 Å². The van der Waals surface area contributed by atoms with E-state index in [1.54, 1.807) is 0 Å². The van der Waals surface area contributed by atoms with E-state index in [9.17, 15) is 0 Å². The first kappa shape index (κ1) is 14.2. The molecule has 0 radical (unpaired) electrons. The van der Waals surface area contributed by atoms with E-state index < -0.39 is 0 Å². The second-order valence-electron chi connectivity index (χ2n) is 5.40. The first-order valence-corrected chi connectivity index (χ1v) is 6.89.